The lowest BCUT2D eigenvalue weighted by Crippen LogP contribution is -2.38. The molecule has 0 aliphatic rings. The van der Waals surface area contributed by atoms with Crippen LogP contribution in [0.1, 0.15) is 24.8 Å². The van der Waals surface area contributed by atoms with Crippen LogP contribution in [0.2, 0.25) is 0 Å². The van der Waals surface area contributed by atoms with Crippen molar-refractivity contribution >= 4 is 27.5 Å². The number of benzene rings is 1. The molecular formula is C17H26N4OS. The van der Waals surface area contributed by atoms with Crippen LogP contribution >= 0.6 is 11.3 Å². The van der Waals surface area contributed by atoms with Gasteiger partial charge in [-0.15, -0.1) is 11.3 Å². The third-order valence-electron chi connectivity index (χ3n) is 3.38. The van der Waals surface area contributed by atoms with E-state index >= 15 is 0 Å². The molecule has 23 heavy (non-hydrogen) atoms. The summed E-state index contributed by atoms with van der Waals surface area (Å²) < 4.78 is 6.58. The van der Waals surface area contributed by atoms with E-state index in [0.29, 0.717) is 0 Å². The Morgan fingerprint density at radius 1 is 1.22 bits per heavy atom. The highest BCUT2D eigenvalue weighted by Gasteiger charge is 2.03. The average Bonchev–Trinajstić information content (AvgIpc) is 2.99. The lowest BCUT2D eigenvalue weighted by atomic mass is 10.3. The van der Waals surface area contributed by atoms with Crippen LogP contribution in [0.4, 0.5) is 0 Å². The SMILES string of the molecule is CCOCCCNC(=NC)NCCCc1nc2ccccc2s1. The third-order valence-corrected chi connectivity index (χ3v) is 4.48. The van der Waals surface area contributed by atoms with Gasteiger partial charge < -0.3 is 15.4 Å². The monoisotopic (exact) mass is 334 g/mol. The predicted molar refractivity (Wildman–Crippen MR) is 98.4 cm³/mol. The van der Waals surface area contributed by atoms with Gasteiger partial charge in [-0.1, -0.05) is 12.1 Å². The van der Waals surface area contributed by atoms with E-state index in [1.54, 1.807) is 18.4 Å². The number of para-hydroxylation sites is 1. The maximum Gasteiger partial charge on any atom is 0.190 e. The second kappa shape index (κ2) is 10.2. The molecule has 1 aromatic carbocycles. The van der Waals surface area contributed by atoms with Crippen molar-refractivity contribution in [1.82, 2.24) is 15.6 Å². The highest BCUT2D eigenvalue weighted by molar-refractivity contribution is 7.18. The largest absolute Gasteiger partial charge is 0.382 e. The zero-order chi connectivity index (χ0) is 16.3. The molecule has 0 radical (unpaired) electrons. The number of nitrogens with zero attached hydrogens (tertiary/aromatic N) is 2. The predicted octanol–water partition coefficient (Wildman–Crippen LogP) is 2.82. The summed E-state index contributed by atoms with van der Waals surface area (Å²) >= 11 is 1.78. The van der Waals surface area contributed by atoms with Crippen molar-refractivity contribution in [3.05, 3.63) is 29.3 Å². The van der Waals surface area contributed by atoms with E-state index in [4.69, 9.17) is 4.74 Å². The number of thiazole rings is 1. The number of aliphatic imine (C=N–C) groups is 1. The first-order valence-electron chi connectivity index (χ1n) is 8.20. The van der Waals surface area contributed by atoms with E-state index in [2.05, 4.69) is 38.8 Å². The second-order valence-electron chi connectivity index (χ2n) is 5.16. The number of nitrogens with one attached hydrogen (secondary N) is 2. The molecule has 0 aliphatic heterocycles. The van der Waals surface area contributed by atoms with E-state index < -0.39 is 0 Å². The van der Waals surface area contributed by atoms with Crippen molar-refractivity contribution in [1.29, 1.82) is 0 Å². The summed E-state index contributed by atoms with van der Waals surface area (Å²) in [6, 6.07) is 8.30. The molecule has 0 amide bonds. The molecule has 0 fully saturated rings. The van der Waals surface area contributed by atoms with Crippen LogP contribution < -0.4 is 10.6 Å². The first kappa shape index (κ1) is 17.7. The fraction of sp³-hybridized carbons (Fsp3) is 0.529. The van der Waals surface area contributed by atoms with Gasteiger partial charge in [-0.05, 0) is 31.9 Å². The molecule has 2 rings (SSSR count). The van der Waals surface area contributed by atoms with Crippen LogP contribution in [0.5, 0.6) is 0 Å². The first-order valence-corrected chi connectivity index (χ1v) is 9.02. The summed E-state index contributed by atoms with van der Waals surface area (Å²) in [6.45, 7) is 5.34. The number of hydrogen-bond donors (Lipinski definition) is 2. The Hall–Kier alpha value is -1.66. The normalized spacial score (nSPS) is 11.8. The van der Waals surface area contributed by atoms with Gasteiger partial charge in [-0.3, -0.25) is 4.99 Å². The van der Waals surface area contributed by atoms with E-state index in [1.165, 1.54) is 9.71 Å². The number of fused-ring (bicyclic) bond motifs is 1. The number of rotatable bonds is 9. The lowest BCUT2D eigenvalue weighted by Gasteiger charge is -2.11. The first-order chi connectivity index (χ1) is 11.3. The molecule has 1 heterocycles. The molecule has 0 atom stereocenters. The number of guanidine groups is 1. The van der Waals surface area contributed by atoms with Crippen molar-refractivity contribution < 1.29 is 4.74 Å². The van der Waals surface area contributed by atoms with Crippen LogP contribution in [0.25, 0.3) is 10.2 Å². The minimum Gasteiger partial charge on any atom is -0.382 e. The Bertz CT molecular complexity index is 578. The van der Waals surface area contributed by atoms with Crippen molar-refractivity contribution in [3.63, 3.8) is 0 Å². The smallest absolute Gasteiger partial charge is 0.190 e. The molecule has 0 unspecified atom stereocenters. The Morgan fingerprint density at radius 3 is 2.74 bits per heavy atom. The molecular weight excluding hydrogens is 308 g/mol. The number of ether oxygens (including phenoxy) is 1. The molecule has 0 aliphatic carbocycles. The van der Waals surface area contributed by atoms with Gasteiger partial charge in [0.25, 0.3) is 0 Å². The summed E-state index contributed by atoms with van der Waals surface area (Å²) in [5.74, 6) is 0.853. The van der Waals surface area contributed by atoms with Gasteiger partial charge in [0.1, 0.15) is 0 Å². The molecule has 6 heteroatoms. The minimum absolute atomic E-state index is 0.777. The molecule has 1 aromatic heterocycles. The number of aromatic nitrogens is 1. The average molecular weight is 334 g/mol. The molecule has 2 aromatic rings. The molecule has 0 spiro atoms. The lowest BCUT2D eigenvalue weighted by molar-refractivity contribution is 0.145. The third kappa shape index (κ3) is 6.15. The quantitative estimate of drug-likeness (QED) is 0.421. The maximum absolute atomic E-state index is 5.32. The zero-order valence-electron chi connectivity index (χ0n) is 14.0. The van der Waals surface area contributed by atoms with E-state index in [0.717, 1.165) is 57.0 Å². The highest BCUT2D eigenvalue weighted by atomic mass is 32.1. The standard InChI is InChI=1S/C17H26N4OS/c1-3-22-13-7-12-20-17(18-2)19-11-6-10-16-21-14-8-4-5-9-15(14)23-16/h4-5,8-9H,3,6-7,10-13H2,1-2H3,(H2,18,19,20). The fourth-order valence-electron chi connectivity index (χ4n) is 2.22. The van der Waals surface area contributed by atoms with Gasteiger partial charge in [0.05, 0.1) is 15.2 Å². The number of aryl methyl sites for hydroxylation is 1. The Balaban J connectivity index is 1.63. The molecule has 126 valence electrons. The topological polar surface area (TPSA) is 58.5 Å². The van der Waals surface area contributed by atoms with Crippen molar-refractivity contribution in [2.45, 2.75) is 26.2 Å². The number of hydrogen-bond acceptors (Lipinski definition) is 4. The molecule has 0 bridgehead atoms. The van der Waals surface area contributed by atoms with Gasteiger partial charge in [0.15, 0.2) is 5.96 Å². The minimum atomic E-state index is 0.777. The molecule has 0 saturated carbocycles. The van der Waals surface area contributed by atoms with Crippen LogP contribution in [-0.4, -0.2) is 44.3 Å². The van der Waals surface area contributed by atoms with Gasteiger partial charge >= 0.3 is 0 Å². The highest BCUT2D eigenvalue weighted by Crippen LogP contribution is 2.22. The van der Waals surface area contributed by atoms with Crippen molar-refractivity contribution in [2.24, 2.45) is 4.99 Å². The van der Waals surface area contributed by atoms with E-state index in [-0.39, 0.29) is 0 Å². The summed E-state index contributed by atoms with van der Waals surface area (Å²) in [4.78, 5) is 8.88. The van der Waals surface area contributed by atoms with Gasteiger partial charge in [0.2, 0.25) is 0 Å². The van der Waals surface area contributed by atoms with Gasteiger partial charge in [-0.25, -0.2) is 4.98 Å². The zero-order valence-corrected chi connectivity index (χ0v) is 14.8. The summed E-state index contributed by atoms with van der Waals surface area (Å²) in [5, 5.41) is 7.84. The maximum atomic E-state index is 5.32. The van der Waals surface area contributed by atoms with Crippen LogP contribution in [-0.2, 0) is 11.2 Å². The Kier molecular flexibility index (Phi) is 7.83. The second-order valence-corrected chi connectivity index (χ2v) is 6.27. The molecule has 5 nitrogen and oxygen atoms in total. The van der Waals surface area contributed by atoms with Gasteiger partial charge in [-0.2, -0.15) is 0 Å². The van der Waals surface area contributed by atoms with Crippen molar-refractivity contribution in [2.75, 3.05) is 33.4 Å². The molecule has 0 saturated heterocycles. The van der Waals surface area contributed by atoms with Gasteiger partial charge in [0, 0.05) is 39.8 Å². The van der Waals surface area contributed by atoms with E-state index in [1.807, 2.05) is 13.0 Å². The summed E-state index contributed by atoms with van der Waals surface area (Å²) in [5.41, 5.74) is 1.10. The van der Waals surface area contributed by atoms with Crippen LogP contribution in [0.3, 0.4) is 0 Å². The molecule has 2 N–H and O–H groups in total. The van der Waals surface area contributed by atoms with E-state index in [9.17, 15) is 0 Å². The Morgan fingerprint density at radius 2 is 2.00 bits per heavy atom. The summed E-state index contributed by atoms with van der Waals surface area (Å²) in [6.07, 6.45) is 3.02. The Labute approximate surface area is 142 Å². The van der Waals surface area contributed by atoms with Crippen LogP contribution in [0.15, 0.2) is 29.3 Å². The fourth-order valence-corrected chi connectivity index (χ4v) is 3.23. The van der Waals surface area contributed by atoms with Crippen molar-refractivity contribution in [3.8, 4) is 0 Å². The van der Waals surface area contributed by atoms with Crippen LogP contribution in [0, 0.1) is 0 Å². The summed E-state index contributed by atoms with van der Waals surface area (Å²) in [7, 11) is 1.80.